The minimum Gasteiger partial charge on any atom is -0.486 e. The van der Waals surface area contributed by atoms with Gasteiger partial charge in [-0.05, 0) is 42.3 Å². The number of benzene rings is 2. The van der Waals surface area contributed by atoms with Crippen LogP contribution in [0.15, 0.2) is 47.6 Å². The summed E-state index contributed by atoms with van der Waals surface area (Å²) in [6.07, 6.45) is 0. The Kier molecular flexibility index (Phi) is 5.89. The Bertz CT molecular complexity index is 883. The monoisotopic (exact) mass is 393 g/mol. The zero-order valence-electron chi connectivity index (χ0n) is 13.9. The SMILES string of the molecule is Cc1cc(OCc2nnc(SCc3ccccc3Cl)n2C)ccc1Cl. The maximum Gasteiger partial charge on any atom is 0.191 e. The average molecular weight is 394 g/mol. The van der Waals surface area contributed by atoms with Crippen molar-refractivity contribution >= 4 is 35.0 Å². The molecule has 0 saturated heterocycles. The Morgan fingerprint density at radius 3 is 2.64 bits per heavy atom. The third-order valence-electron chi connectivity index (χ3n) is 3.74. The van der Waals surface area contributed by atoms with Crippen LogP contribution in [0.2, 0.25) is 10.0 Å². The minimum atomic E-state index is 0.344. The molecule has 1 heterocycles. The lowest BCUT2D eigenvalue weighted by molar-refractivity contribution is 0.290. The second-order valence-electron chi connectivity index (χ2n) is 5.54. The van der Waals surface area contributed by atoms with Gasteiger partial charge in [0, 0.05) is 22.8 Å². The van der Waals surface area contributed by atoms with Crippen LogP contribution in [-0.2, 0) is 19.4 Å². The van der Waals surface area contributed by atoms with Gasteiger partial charge in [0.15, 0.2) is 11.0 Å². The van der Waals surface area contributed by atoms with Crippen LogP contribution in [-0.4, -0.2) is 14.8 Å². The molecule has 0 aliphatic heterocycles. The molecule has 3 aromatic rings. The quantitative estimate of drug-likeness (QED) is 0.532. The zero-order valence-corrected chi connectivity index (χ0v) is 16.2. The van der Waals surface area contributed by atoms with Crippen molar-refractivity contribution in [1.29, 1.82) is 0 Å². The molecule has 2 aromatic carbocycles. The van der Waals surface area contributed by atoms with E-state index in [0.29, 0.717) is 6.61 Å². The van der Waals surface area contributed by atoms with Crippen molar-refractivity contribution in [2.75, 3.05) is 0 Å². The van der Waals surface area contributed by atoms with Crippen LogP contribution in [0.25, 0.3) is 0 Å². The predicted octanol–water partition coefficient (Wildman–Crippen LogP) is 5.30. The number of thioether (sulfide) groups is 1. The van der Waals surface area contributed by atoms with Crippen molar-refractivity contribution in [2.24, 2.45) is 7.05 Å². The summed E-state index contributed by atoms with van der Waals surface area (Å²) < 4.78 is 7.73. The average Bonchev–Trinajstić information content (AvgIpc) is 2.95. The number of ether oxygens (including phenoxy) is 1. The molecule has 1 aromatic heterocycles. The van der Waals surface area contributed by atoms with Crippen molar-refractivity contribution in [2.45, 2.75) is 24.4 Å². The van der Waals surface area contributed by atoms with Gasteiger partial charge in [0.1, 0.15) is 12.4 Å². The van der Waals surface area contributed by atoms with Gasteiger partial charge in [-0.1, -0.05) is 53.2 Å². The molecular weight excluding hydrogens is 377 g/mol. The van der Waals surface area contributed by atoms with Gasteiger partial charge in [-0.25, -0.2) is 0 Å². The van der Waals surface area contributed by atoms with Gasteiger partial charge in [-0.3, -0.25) is 0 Å². The predicted molar refractivity (Wildman–Crippen MR) is 103 cm³/mol. The van der Waals surface area contributed by atoms with E-state index in [1.165, 1.54) is 0 Å². The Hall–Kier alpha value is -1.69. The van der Waals surface area contributed by atoms with Gasteiger partial charge < -0.3 is 9.30 Å². The summed E-state index contributed by atoms with van der Waals surface area (Å²) >= 11 is 13.8. The fraction of sp³-hybridized carbons (Fsp3) is 0.222. The lowest BCUT2D eigenvalue weighted by atomic mass is 10.2. The molecule has 130 valence electrons. The van der Waals surface area contributed by atoms with Gasteiger partial charge in [-0.15, -0.1) is 10.2 Å². The highest BCUT2D eigenvalue weighted by Gasteiger charge is 2.11. The highest BCUT2D eigenvalue weighted by atomic mass is 35.5. The second-order valence-corrected chi connectivity index (χ2v) is 7.29. The molecule has 25 heavy (non-hydrogen) atoms. The highest BCUT2D eigenvalue weighted by Crippen LogP contribution is 2.26. The Labute approximate surface area is 161 Å². The van der Waals surface area contributed by atoms with Gasteiger partial charge in [0.2, 0.25) is 0 Å². The molecule has 0 aliphatic carbocycles. The third-order valence-corrected chi connectivity index (χ3v) is 5.60. The topological polar surface area (TPSA) is 39.9 Å². The number of hydrogen-bond donors (Lipinski definition) is 0. The van der Waals surface area contributed by atoms with Crippen LogP contribution >= 0.6 is 35.0 Å². The number of nitrogens with zero attached hydrogens (tertiary/aromatic N) is 3. The van der Waals surface area contributed by atoms with Crippen LogP contribution in [0.1, 0.15) is 17.0 Å². The smallest absolute Gasteiger partial charge is 0.191 e. The summed E-state index contributed by atoms with van der Waals surface area (Å²) in [5.41, 5.74) is 2.06. The molecular formula is C18H17Cl2N3OS. The largest absolute Gasteiger partial charge is 0.486 e. The van der Waals surface area contributed by atoms with Crippen LogP contribution in [0, 0.1) is 6.92 Å². The van der Waals surface area contributed by atoms with E-state index in [9.17, 15) is 0 Å². The summed E-state index contributed by atoms with van der Waals surface area (Å²) in [5.74, 6) is 2.26. The first kappa shape index (κ1) is 18.1. The zero-order chi connectivity index (χ0) is 17.8. The van der Waals surface area contributed by atoms with Crippen molar-refractivity contribution in [3.8, 4) is 5.75 Å². The molecule has 0 amide bonds. The first-order valence-electron chi connectivity index (χ1n) is 7.68. The second kappa shape index (κ2) is 8.13. The summed E-state index contributed by atoms with van der Waals surface area (Å²) in [6.45, 7) is 2.29. The number of aromatic nitrogens is 3. The molecule has 0 saturated carbocycles. The van der Waals surface area contributed by atoms with Crippen LogP contribution < -0.4 is 4.74 Å². The summed E-state index contributed by atoms with van der Waals surface area (Å²) in [6, 6.07) is 13.4. The van der Waals surface area contributed by atoms with Crippen LogP contribution in [0.4, 0.5) is 0 Å². The van der Waals surface area contributed by atoms with E-state index >= 15 is 0 Å². The number of aryl methyl sites for hydroxylation is 1. The van der Waals surface area contributed by atoms with E-state index in [1.807, 2.05) is 61.0 Å². The fourth-order valence-electron chi connectivity index (χ4n) is 2.21. The van der Waals surface area contributed by atoms with E-state index in [1.54, 1.807) is 11.8 Å². The summed E-state index contributed by atoms with van der Waals surface area (Å²) in [5, 5.41) is 10.8. The van der Waals surface area contributed by atoms with Gasteiger partial charge in [0.25, 0.3) is 0 Å². The maximum absolute atomic E-state index is 6.19. The molecule has 0 bridgehead atoms. The van der Waals surface area contributed by atoms with Crippen LogP contribution in [0.3, 0.4) is 0 Å². The van der Waals surface area contributed by atoms with E-state index < -0.39 is 0 Å². The van der Waals surface area contributed by atoms with E-state index in [0.717, 1.165) is 43.7 Å². The third kappa shape index (κ3) is 4.48. The van der Waals surface area contributed by atoms with Crippen LogP contribution in [0.5, 0.6) is 5.75 Å². The van der Waals surface area contributed by atoms with Crippen molar-refractivity contribution in [3.63, 3.8) is 0 Å². The first-order chi connectivity index (χ1) is 12.0. The van der Waals surface area contributed by atoms with Crippen molar-refractivity contribution in [3.05, 3.63) is 69.5 Å². The molecule has 0 N–H and O–H groups in total. The van der Waals surface area contributed by atoms with E-state index in [4.69, 9.17) is 27.9 Å². The minimum absolute atomic E-state index is 0.344. The molecule has 0 spiro atoms. The van der Waals surface area contributed by atoms with Gasteiger partial charge in [-0.2, -0.15) is 0 Å². The number of rotatable bonds is 6. The molecule has 4 nitrogen and oxygen atoms in total. The maximum atomic E-state index is 6.19. The first-order valence-corrected chi connectivity index (χ1v) is 9.42. The van der Waals surface area contributed by atoms with Gasteiger partial charge >= 0.3 is 0 Å². The van der Waals surface area contributed by atoms with Crippen molar-refractivity contribution < 1.29 is 4.74 Å². The lowest BCUT2D eigenvalue weighted by Crippen LogP contribution is -2.04. The van der Waals surface area contributed by atoms with E-state index in [-0.39, 0.29) is 0 Å². The molecule has 0 unspecified atom stereocenters. The van der Waals surface area contributed by atoms with E-state index in [2.05, 4.69) is 10.2 Å². The molecule has 0 fully saturated rings. The van der Waals surface area contributed by atoms with Gasteiger partial charge in [0.05, 0.1) is 0 Å². The molecule has 0 aliphatic rings. The summed E-state index contributed by atoms with van der Waals surface area (Å²) in [7, 11) is 1.93. The Morgan fingerprint density at radius 1 is 1.08 bits per heavy atom. The number of halogens is 2. The normalized spacial score (nSPS) is 10.9. The molecule has 7 heteroatoms. The molecule has 0 atom stereocenters. The molecule has 3 rings (SSSR count). The Morgan fingerprint density at radius 2 is 1.88 bits per heavy atom. The lowest BCUT2D eigenvalue weighted by Gasteiger charge is -2.08. The standard InChI is InChI=1S/C18H17Cl2N3OS/c1-12-9-14(7-8-15(12)19)24-10-17-21-22-18(23(17)2)25-11-13-5-3-4-6-16(13)20/h3-9H,10-11H2,1-2H3. The fourth-order valence-corrected chi connectivity index (χ4v) is 3.54. The highest BCUT2D eigenvalue weighted by molar-refractivity contribution is 7.98. The summed E-state index contributed by atoms with van der Waals surface area (Å²) in [4.78, 5) is 0. The molecule has 0 radical (unpaired) electrons. The van der Waals surface area contributed by atoms with Crippen molar-refractivity contribution in [1.82, 2.24) is 14.8 Å². The number of hydrogen-bond acceptors (Lipinski definition) is 4. The Balaban J connectivity index is 1.62.